The molecule has 0 bridgehead atoms. The van der Waals surface area contributed by atoms with Gasteiger partial charge in [-0.25, -0.2) is 0 Å². The van der Waals surface area contributed by atoms with Crippen LogP contribution in [0.3, 0.4) is 0 Å². The van der Waals surface area contributed by atoms with Crippen molar-refractivity contribution in [2.75, 3.05) is 0 Å². The van der Waals surface area contributed by atoms with E-state index >= 15 is 0 Å². The van der Waals surface area contributed by atoms with Crippen molar-refractivity contribution < 1.29 is 5.11 Å². The van der Waals surface area contributed by atoms with Crippen LogP contribution in [0.25, 0.3) is 0 Å². The molecule has 0 aromatic carbocycles. The first-order valence-corrected chi connectivity index (χ1v) is 6.59. The van der Waals surface area contributed by atoms with Crippen LogP contribution in [-0.4, -0.2) is 16.2 Å². The Morgan fingerprint density at radius 3 is 1.62 bits per heavy atom. The molecule has 0 aromatic rings. The van der Waals surface area contributed by atoms with Gasteiger partial charge in [0.2, 0.25) is 0 Å². The van der Waals surface area contributed by atoms with Crippen LogP contribution < -0.4 is 5.73 Å². The Morgan fingerprint density at radius 2 is 1.25 bits per heavy atom. The fourth-order valence-electron chi connectivity index (χ4n) is 3.82. The number of aliphatic hydroxyl groups is 1. The predicted octanol–water partition coefficient (Wildman–Crippen LogP) is 2.84. The molecule has 2 aliphatic carbocycles. The minimum absolute atomic E-state index is 0.312. The minimum atomic E-state index is -0.599. The van der Waals surface area contributed by atoms with Crippen LogP contribution in [0.2, 0.25) is 0 Å². The van der Waals surface area contributed by atoms with Crippen molar-refractivity contribution in [3.05, 3.63) is 0 Å². The van der Waals surface area contributed by atoms with Crippen LogP contribution in [0.15, 0.2) is 0 Å². The Kier molecular flexibility index (Phi) is 2.50. The molecule has 0 atom stereocenters. The van der Waals surface area contributed by atoms with E-state index in [1.54, 1.807) is 0 Å². The summed E-state index contributed by atoms with van der Waals surface area (Å²) < 4.78 is 0. The molecule has 94 valence electrons. The zero-order chi connectivity index (χ0) is 12.2. The lowest BCUT2D eigenvalue weighted by Crippen LogP contribution is -2.70. The molecule has 2 nitrogen and oxygen atoms in total. The first-order valence-electron chi connectivity index (χ1n) is 6.59. The predicted molar refractivity (Wildman–Crippen MR) is 67.1 cm³/mol. The molecule has 3 N–H and O–H groups in total. The van der Waals surface area contributed by atoms with Crippen LogP contribution in [0.5, 0.6) is 0 Å². The molecule has 2 heteroatoms. The number of rotatable bonds is 1. The lowest BCUT2D eigenvalue weighted by molar-refractivity contribution is -0.145. The Labute approximate surface area is 99.6 Å². The molecule has 2 fully saturated rings. The summed E-state index contributed by atoms with van der Waals surface area (Å²) in [6, 6.07) is 0. The molecule has 2 aliphatic rings. The average molecular weight is 225 g/mol. The summed E-state index contributed by atoms with van der Waals surface area (Å²) in [6.07, 6.45) is 5.90. The van der Waals surface area contributed by atoms with Gasteiger partial charge in [0.15, 0.2) is 0 Å². The third-order valence-corrected chi connectivity index (χ3v) is 4.95. The summed E-state index contributed by atoms with van der Waals surface area (Å²) in [5, 5.41) is 10.8. The van der Waals surface area contributed by atoms with Crippen LogP contribution in [0, 0.1) is 10.8 Å². The van der Waals surface area contributed by atoms with Gasteiger partial charge in [0.05, 0.1) is 5.60 Å². The average Bonchev–Trinajstić information content (AvgIpc) is 2.07. The maximum absolute atomic E-state index is 10.8. The van der Waals surface area contributed by atoms with Crippen molar-refractivity contribution in [3.8, 4) is 0 Å². The molecule has 0 radical (unpaired) electrons. The van der Waals surface area contributed by atoms with E-state index in [9.17, 15) is 5.11 Å². The summed E-state index contributed by atoms with van der Waals surface area (Å²) in [6.45, 7) is 9.07. The van der Waals surface area contributed by atoms with Gasteiger partial charge in [0.1, 0.15) is 0 Å². The third-order valence-electron chi connectivity index (χ3n) is 4.95. The van der Waals surface area contributed by atoms with Gasteiger partial charge in [-0.05, 0) is 49.4 Å². The second-order valence-corrected chi connectivity index (χ2v) is 7.87. The van der Waals surface area contributed by atoms with Crippen molar-refractivity contribution in [1.82, 2.24) is 0 Å². The Bertz CT molecular complexity index is 275. The highest BCUT2D eigenvalue weighted by Gasteiger charge is 2.59. The minimum Gasteiger partial charge on any atom is -0.388 e. The smallest absolute Gasteiger partial charge is 0.0827 e. The van der Waals surface area contributed by atoms with Gasteiger partial charge in [-0.1, -0.05) is 27.7 Å². The van der Waals surface area contributed by atoms with Crippen LogP contribution >= 0.6 is 0 Å². The fourth-order valence-corrected chi connectivity index (χ4v) is 3.82. The molecule has 0 heterocycles. The van der Waals surface area contributed by atoms with Crippen LogP contribution in [0.4, 0.5) is 0 Å². The first-order chi connectivity index (χ1) is 7.08. The molecule has 0 spiro atoms. The summed E-state index contributed by atoms with van der Waals surface area (Å²) in [5.74, 6) is 0. The zero-order valence-corrected chi connectivity index (χ0v) is 11.3. The molecule has 0 saturated heterocycles. The molecule has 16 heavy (non-hydrogen) atoms. The van der Waals surface area contributed by atoms with Crippen molar-refractivity contribution in [2.24, 2.45) is 16.6 Å². The Morgan fingerprint density at radius 1 is 0.812 bits per heavy atom. The molecule has 2 saturated carbocycles. The monoisotopic (exact) mass is 225 g/mol. The first kappa shape index (κ1) is 12.4. The van der Waals surface area contributed by atoms with Crippen LogP contribution in [0.1, 0.15) is 66.2 Å². The molecule has 0 aromatic heterocycles. The van der Waals surface area contributed by atoms with Crippen molar-refractivity contribution >= 4 is 0 Å². The van der Waals surface area contributed by atoms with Crippen molar-refractivity contribution in [3.63, 3.8) is 0 Å². The van der Waals surface area contributed by atoms with E-state index in [0.717, 1.165) is 38.5 Å². The third kappa shape index (κ3) is 1.91. The quantitative estimate of drug-likeness (QED) is 0.721. The van der Waals surface area contributed by atoms with Gasteiger partial charge in [-0.15, -0.1) is 0 Å². The second kappa shape index (κ2) is 3.23. The normalized spacial score (nSPS) is 34.1. The van der Waals surface area contributed by atoms with E-state index in [1.165, 1.54) is 0 Å². The molecule has 0 unspecified atom stereocenters. The number of nitrogens with two attached hydrogens (primary N) is 1. The number of hydrogen-bond acceptors (Lipinski definition) is 2. The highest BCUT2D eigenvalue weighted by molar-refractivity contribution is 5.15. The SMILES string of the molecule is CC1(C)CCC(O)(C2(N)CC(C)(C)C2)CC1. The highest BCUT2D eigenvalue weighted by atomic mass is 16.3. The van der Waals surface area contributed by atoms with Gasteiger partial charge in [0, 0.05) is 5.54 Å². The van der Waals surface area contributed by atoms with E-state index in [0.29, 0.717) is 10.8 Å². The fraction of sp³-hybridized carbons (Fsp3) is 1.00. The second-order valence-electron chi connectivity index (χ2n) is 7.87. The summed E-state index contributed by atoms with van der Waals surface area (Å²) >= 11 is 0. The lowest BCUT2D eigenvalue weighted by Gasteiger charge is -2.60. The largest absolute Gasteiger partial charge is 0.388 e. The molecular formula is C14H27NO. The van der Waals surface area contributed by atoms with E-state index < -0.39 is 5.60 Å². The molecular weight excluding hydrogens is 198 g/mol. The molecule has 0 amide bonds. The van der Waals surface area contributed by atoms with E-state index in [4.69, 9.17) is 5.73 Å². The Balaban J connectivity index is 2.05. The summed E-state index contributed by atoms with van der Waals surface area (Å²) in [7, 11) is 0. The highest BCUT2D eigenvalue weighted by Crippen LogP contribution is 2.56. The lowest BCUT2D eigenvalue weighted by atomic mass is 9.50. The standard InChI is InChI=1S/C14H27NO/c1-11(2)5-7-14(16,8-6-11)13(15)9-12(3,4)10-13/h16H,5-10,15H2,1-4H3. The summed E-state index contributed by atoms with van der Waals surface area (Å²) in [4.78, 5) is 0. The van der Waals surface area contributed by atoms with Gasteiger partial charge in [0.25, 0.3) is 0 Å². The van der Waals surface area contributed by atoms with Gasteiger partial charge < -0.3 is 10.8 Å². The maximum atomic E-state index is 10.8. The van der Waals surface area contributed by atoms with E-state index in [-0.39, 0.29) is 5.54 Å². The number of hydrogen-bond donors (Lipinski definition) is 2. The van der Waals surface area contributed by atoms with Crippen LogP contribution in [-0.2, 0) is 0 Å². The Hall–Kier alpha value is -0.0800. The molecule has 0 aliphatic heterocycles. The topological polar surface area (TPSA) is 46.2 Å². The van der Waals surface area contributed by atoms with E-state index in [1.807, 2.05) is 0 Å². The van der Waals surface area contributed by atoms with E-state index in [2.05, 4.69) is 27.7 Å². The van der Waals surface area contributed by atoms with Gasteiger partial charge in [-0.3, -0.25) is 0 Å². The van der Waals surface area contributed by atoms with Gasteiger partial charge >= 0.3 is 0 Å². The maximum Gasteiger partial charge on any atom is 0.0827 e. The summed E-state index contributed by atoms with van der Waals surface area (Å²) in [5.41, 5.74) is 6.24. The zero-order valence-electron chi connectivity index (χ0n) is 11.3. The van der Waals surface area contributed by atoms with Gasteiger partial charge in [-0.2, -0.15) is 0 Å². The van der Waals surface area contributed by atoms with Crippen molar-refractivity contribution in [2.45, 2.75) is 77.4 Å². The van der Waals surface area contributed by atoms with Crippen molar-refractivity contribution in [1.29, 1.82) is 0 Å². The molecule has 2 rings (SSSR count).